The number of rotatable bonds is 4. The van der Waals surface area contributed by atoms with Crippen LogP contribution in [0.1, 0.15) is 21.5 Å². The van der Waals surface area contributed by atoms with Crippen LogP contribution in [0.5, 0.6) is 0 Å². The Morgan fingerprint density at radius 2 is 2.00 bits per heavy atom. The first-order valence-electron chi connectivity index (χ1n) is 6.27. The average Bonchev–Trinajstić information content (AvgIpc) is 2.40. The quantitative estimate of drug-likeness (QED) is 0.927. The Morgan fingerprint density at radius 1 is 1.25 bits per heavy atom. The minimum Gasteiger partial charge on any atom is -0.478 e. The van der Waals surface area contributed by atoms with Gasteiger partial charge in [0.1, 0.15) is 5.82 Å². The molecule has 0 heterocycles. The van der Waals surface area contributed by atoms with E-state index in [9.17, 15) is 9.18 Å². The first-order chi connectivity index (χ1) is 9.47. The van der Waals surface area contributed by atoms with E-state index in [4.69, 9.17) is 5.11 Å². The predicted octanol–water partition coefficient (Wildman–Crippen LogP) is 3.47. The minimum atomic E-state index is -1.11. The highest BCUT2D eigenvalue weighted by Crippen LogP contribution is 2.19. The number of halogens is 1. The monoisotopic (exact) mass is 273 g/mol. The fourth-order valence-corrected chi connectivity index (χ4v) is 2.10. The van der Waals surface area contributed by atoms with Gasteiger partial charge in [-0.15, -0.1) is 0 Å². The van der Waals surface area contributed by atoms with Gasteiger partial charge in [-0.25, -0.2) is 9.18 Å². The molecule has 0 saturated heterocycles. The Hall–Kier alpha value is -2.36. The second-order valence-corrected chi connectivity index (χ2v) is 4.80. The molecule has 0 radical (unpaired) electrons. The summed E-state index contributed by atoms with van der Waals surface area (Å²) in [5, 5.41) is 9.13. The van der Waals surface area contributed by atoms with E-state index in [0.717, 1.165) is 17.3 Å². The maximum atomic E-state index is 13.1. The smallest absolute Gasteiger partial charge is 0.336 e. The van der Waals surface area contributed by atoms with Gasteiger partial charge in [0.05, 0.1) is 5.56 Å². The van der Waals surface area contributed by atoms with E-state index in [1.165, 1.54) is 12.1 Å². The lowest BCUT2D eigenvalue weighted by atomic mass is 10.1. The SMILES string of the molecule is Cc1cccc(N(C)Cc2ccc(F)cc2C(=O)O)c1. The van der Waals surface area contributed by atoms with Gasteiger partial charge in [-0.2, -0.15) is 0 Å². The Bertz CT molecular complexity index is 640. The zero-order chi connectivity index (χ0) is 14.7. The zero-order valence-corrected chi connectivity index (χ0v) is 11.4. The summed E-state index contributed by atoms with van der Waals surface area (Å²) in [5.74, 6) is -1.65. The molecule has 0 atom stereocenters. The molecular formula is C16H16FNO2. The molecule has 2 aromatic rings. The third-order valence-electron chi connectivity index (χ3n) is 3.15. The third kappa shape index (κ3) is 3.15. The second-order valence-electron chi connectivity index (χ2n) is 4.80. The van der Waals surface area contributed by atoms with Gasteiger partial charge in [-0.1, -0.05) is 18.2 Å². The van der Waals surface area contributed by atoms with Crippen molar-refractivity contribution in [1.82, 2.24) is 0 Å². The number of carboxylic acids is 1. The number of hydrogen-bond donors (Lipinski definition) is 1. The van der Waals surface area contributed by atoms with Crippen LogP contribution >= 0.6 is 0 Å². The normalized spacial score (nSPS) is 10.3. The molecule has 2 aromatic carbocycles. The summed E-state index contributed by atoms with van der Waals surface area (Å²) < 4.78 is 13.1. The van der Waals surface area contributed by atoms with Crippen molar-refractivity contribution in [3.63, 3.8) is 0 Å². The van der Waals surface area contributed by atoms with E-state index >= 15 is 0 Å². The van der Waals surface area contributed by atoms with Crippen LogP contribution in [-0.4, -0.2) is 18.1 Å². The lowest BCUT2D eigenvalue weighted by Gasteiger charge is -2.21. The van der Waals surface area contributed by atoms with E-state index < -0.39 is 11.8 Å². The number of nitrogens with zero attached hydrogens (tertiary/aromatic N) is 1. The first kappa shape index (κ1) is 14.1. The van der Waals surface area contributed by atoms with Crippen molar-refractivity contribution in [2.24, 2.45) is 0 Å². The molecule has 20 heavy (non-hydrogen) atoms. The van der Waals surface area contributed by atoms with Gasteiger partial charge in [0.2, 0.25) is 0 Å². The lowest BCUT2D eigenvalue weighted by molar-refractivity contribution is 0.0695. The number of hydrogen-bond acceptors (Lipinski definition) is 2. The summed E-state index contributed by atoms with van der Waals surface area (Å²) in [6, 6.07) is 11.8. The largest absolute Gasteiger partial charge is 0.478 e. The van der Waals surface area contributed by atoms with Gasteiger partial charge in [-0.05, 0) is 42.3 Å². The number of aryl methyl sites for hydroxylation is 1. The molecule has 0 aliphatic carbocycles. The van der Waals surface area contributed by atoms with Gasteiger partial charge in [-0.3, -0.25) is 0 Å². The van der Waals surface area contributed by atoms with Crippen molar-refractivity contribution < 1.29 is 14.3 Å². The summed E-state index contributed by atoms with van der Waals surface area (Å²) in [6.45, 7) is 2.41. The summed E-state index contributed by atoms with van der Waals surface area (Å²) >= 11 is 0. The number of anilines is 1. The van der Waals surface area contributed by atoms with Crippen molar-refractivity contribution >= 4 is 11.7 Å². The lowest BCUT2D eigenvalue weighted by Crippen LogP contribution is -2.18. The van der Waals surface area contributed by atoms with Crippen LogP contribution in [0.25, 0.3) is 0 Å². The van der Waals surface area contributed by atoms with Crippen LogP contribution in [0.2, 0.25) is 0 Å². The maximum absolute atomic E-state index is 13.1. The standard InChI is InChI=1S/C16H16FNO2/c1-11-4-3-5-14(8-11)18(2)10-12-6-7-13(17)9-15(12)16(19)20/h3-9H,10H2,1-2H3,(H,19,20). The fourth-order valence-electron chi connectivity index (χ4n) is 2.10. The van der Waals surface area contributed by atoms with E-state index in [1.807, 2.05) is 43.1 Å². The summed E-state index contributed by atoms with van der Waals surface area (Å²) in [5.41, 5.74) is 2.71. The average molecular weight is 273 g/mol. The van der Waals surface area contributed by atoms with Crippen LogP contribution < -0.4 is 4.90 Å². The number of aromatic carboxylic acids is 1. The van der Waals surface area contributed by atoms with Crippen molar-refractivity contribution in [2.45, 2.75) is 13.5 Å². The molecule has 0 unspecified atom stereocenters. The van der Waals surface area contributed by atoms with E-state index in [0.29, 0.717) is 12.1 Å². The van der Waals surface area contributed by atoms with Crippen LogP contribution in [0.3, 0.4) is 0 Å². The Labute approximate surface area is 117 Å². The molecule has 0 amide bonds. The zero-order valence-electron chi connectivity index (χ0n) is 11.4. The van der Waals surface area contributed by atoms with Crippen LogP contribution in [0.4, 0.5) is 10.1 Å². The molecule has 104 valence electrons. The first-order valence-corrected chi connectivity index (χ1v) is 6.27. The molecule has 4 heteroatoms. The van der Waals surface area contributed by atoms with Gasteiger partial charge < -0.3 is 10.0 Å². The number of benzene rings is 2. The van der Waals surface area contributed by atoms with Gasteiger partial charge in [0.25, 0.3) is 0 Å². The number of carboxylic acid groups (broad SMARTS) is 1. The van der Waals surface area contributed by atoms with Crippen molar-refractivity contribution in [3.8, 4) is 0 Å². The Balaban J connectivity index is 2.28. The fraction of sp³-hybridized carbons (Fsp3) is 0.188. The second kappa shape index (κ2) is 5.74. The molecule has 1 N–H and O–H groups in total. The molecule has 0 saturated carbocycles. The molecule has 3 nitrogen and oxygen atoms in total. The van der Waals surface area contributed by atoms with Crippen LogP contribution in [0.15, 0.2) is 42.5 Å². The highest BCUT2D eigenvalue weighted by molar-refractivity contribution is 5.89. The van der Waals surface area contributed by atoms with Crippen LogP contribution in [-0.2, 0) is 6.54 Å². The van der Waals surface area contributed by atoms with Crippen molar-refractivity contribution in [2.75, 3.05) is 11.9 Å². The highest BCUT2D eigenvalue weighted by Gasteiger charge is 2.13. The van der Waals surface area contributed by atoms with Crippen molar-refractivity contribution in [3.05, 3.63) is 65.0 Å². The molecule has 0 aromatic heterocycles. The molecule has 0 aliphatic heterocycles. The third-order valence-corrected chi connectivity index (χ3v) is 3.15. The summed E-state index contributed by atoms with van der Waals surface area (Å²) in [7, 11) is 1.88. The Kier molecular flexibility index (Phi) is 4.03. The topological polar surface area (TPSA) is 40.5 Å². The molecule has 2 rings (SSSR count). The van der Waals surface area contributed by atoms with E-state index in [1.54, 1.807) is 0 Å². The Morgan fingerprint density at radius 3 is 2.65 bits per heavy atom. The van der Waals surface area contributed by atoms with E-state index in [2.05, 4.69) is 0 Å². The minimum absolute atomic E-state index is 0.00417. The molecule has 0 bridgehead atoms. The predicted molar refractivity (Wildman–Crippen MR) is 76.6 cm³/mol. The summed E-state index contributed by atoms with van der Waals surface area (Å²) in [4.78, 5) is 13.1. The highest BCUT2D eigenvalue weighted by atomic mass is 19.1. The van der Waals surface area contributed by atoms with Crippen molar-refractivity contribution in [1.29, 1.82) is 0 Å². The van der Waals surface area contributed by atoms with Gasteiger partial charge in [0.15, 0.2) is 0 Å². The molecule has 0 fully saturated rings. The van der Waals surface area contributed by atoms with Gasteiger partial charge in [0, 0.05) is 19.3 Å². The molecule has 0 aliphatic rings. The number of carbonyl (C=O) groups is 1. The summed E-state index contributed by atoms with van der Waals surface area (Å²) in [6.07, 6.45) is 0. The van der Waals surface area contributed by atoms with Gasteiger partial charge >= 0.3 is 5.97 Å². The van der Waals surface area contributed by atoms with Crippen LogP contribution in [0, 0.1) is 12.7 Å². The molecule has 0 spiro atoms. The maximum Gasteiger partial charge on any atom is 0.336 e. The molecular weight excluding hydrogens is 257 g/mol. The van der Waals surface area contributed by atoms with E-state index in [-0.39, 0.29) is 5.56 Å².